The summed E-state index contributed by atoms with van der Waals surface area (Å²) in [4.78, 5) is 0. The molecule has 0 amide bonds. The molecule has 0 saturated carbocycles. The van der Waals surface area contributed by atoms with E-state index in [-0.39, 0.29) is 0 Å². The zero-order chi connectivity index (χ0) is 13.2. The van der Waals surface area contributed by atoms with Crippen LogP contribution in [0, 0.1) is 0 Å². The highest BCUT2D eigenvalue weighted by Gasteiger charge is 2.17. The van der Waals surface area contributed by atoms with Crippen molar-refractivity contribution in [3.63, 3.8) is 0 Å². The van der Waals surface area contributed by atoms with E-state index < -0.39 is 0 Å². The highest BCUT2D eigenvalue weighted by Crippen LogP contribution is 2.25. The van der Waals surface area contributed by atoms with E-state index in [1.165, 1.54) is 24.8 Å². The van der Waals surface area contributed by atoms with Crippen molar-refractivity contribution >= 4 is 0 Å². The summed E-state index contributed by atoms with van der Waals surface area (Å²) in [7, 11) is 0. The summed E-state index contributed by atoms with van der Waals surface area (Å²) in [5.41, 5.74) is 7.74. The van der Waals surface area contributed by atoms with Crippen LogP contribution in [0.25, 0.3) is 0 Å². The van der Waals surface area contributed by atoms with Crippen LogP contribution in [0.5, 0.6) is 0 Å². The highest BCUT2D eigenvalue weighted by atomic mass is 14.6. The molecule has 0 aliphatic rings. The van der Waals surface area contributed by atoms with Gasteiger partial charge in [-0.3, -0.25) is 0 Å². The molecule has 0 fully saturated rings. The third-order valence-corrected chi connectivity index (χ3v) is 3.63. The Morgan fingerprint density at radius 3 is 2.50 bits per heavy atom. The Balaban J connectivity index is 2.38. The Kier molecular flexibility index (Phi) is 7.43. The van der Waals surface area contributed by atoms with Crippen molar-refractivity contribution < 1.29 is 0 Å². The van der Waals surface area contributed by atoms with Crippen LogP contribution in [-0.2, 0) is 0 Å². The first-order chi connectivity index (χ1) is 8.79. The lowest BCUT2D eigenvalue weighted by Crippen LogP contribution is -2.28. The Morgan fingerprint density at radius 2 is 1.89 bits per heavy atom. The minimum Gasteiger partial charge on any atom is -0.327 e. The summed E-state index contributed by atoms with van der Waals surface area (Å²) in [5.74, 6) is 0.505. The fourth-order valence-electron chi connectivity index (χ4n) is 2.53. The third kappa shape index (κ3) is 5.05. The predicted octanol–water partition coefficient (Wildman–Crippen LogP) is 4.64. The van der Waals surface area contributed by atoms with Crippen LogP contribution in [0.3, 0.4) is 0 Å². The molecule has 0 saturated heterocycles. The summed E-state index contributed by atoms with van der Waals surface area (Å²) < 4.78 is 0. The summed E-state index contributed by atoms with van der Waals surface area (Å²) >= 11 is 0. The van der Waals surface area contributed by atoms with Crippen molar-refractivity contribution in [3.8, 4) is 0 Å². The smallest absolute Gasteiger partial charge is 0.0108 e. The van der Waals surface area contributed by atoms with Crippen LogP contribution in [-0.4, -0.2) is 6.04 Å². The van der Waals surface area contributed by atoms with Gasteiger partial charge in [-0.15, -0.1) is 6.58 Å². The van der Waals surface area contributed by atoms with E-state index in [9.17, 15) is 0 Å². The lowest BCUT2D eigenvalue weighted by molar-refractivity contribution is 0.464. The number of hydrogen-bond acceptors (Lipinski definition) is 1. The van der Waals surface area contributed by atoms with Gasteiger partial charge < -0.3 is 5.73 Å². The molecule has 1 rings (SSSR count). The topological polar surface area (TPSA) is 26.0 Å². The molecule has 0 aliphatic carbocycles. The summed E-state index contributed by atoms with van der Waals surface area (Å²) in [6.45, 7) is 5.98. The number of rotatable bonds is 9. The standard InChI is InChI=1S/C17H27N/c1-3-5-6-7-11-14-17(18)16(4-2)15-12-9-8-10-13-15/h3,8-10,12-13,16-17H,1,4-7,11,14,18H2,2H3. The van der Waals surface area contributed by atoms with Gasteiger partial charge in [-0.1, -0.05) is 56.2 Å². The van der Waals surface area contributed by atoms with E-state index in [4.69, 9.17) is 5.73 Å². The third-order valence-electron chi connectivity index (χ3n) is 3.63. The van der Waals surface area contributed by atoms with Crippen LogP contribution in [0.2, 0.25) is 0 Å². The van der Waals surface area contributed by atoms with Crippen LogP contribution in [0.4, 0.5) is 0 Å². The monoisotopic (exact) mass is 245 g/mol. The maximum absolute atomic E-state index is 6.36. The molecule has 2 atom stereocenters. The molecule has 0 radical (unpaired) electrons. The molecule has 1 aromatic rings. The molecule has 2 N–H and O–H groups in total. The van der Waals surface area contributed by atoms with E-state index in [1.807, 2.05) is 6.08 Å². The van der Waals surface area contributed by atoms with Gasteiger partial charge in [0.25, 0.3) is 0 Å². The quantitative estimate of drug-likeness (QED) is 0.497. The second-order valence-corrected chi connectivity index (χ2v) is 5.02. The Labute approximate surface area is 112 Å². The normalized spacial score (nSPS) is 14.1. The van der Waals surface area contributed by atoms with Gasteiger partial charge in [0, 0.05) is 6.04 Å². The zero-order valence-corrected chi connectivity index (χ0v) is 11.6. The Hall–Kier alpha value is -1.08. The Bertz CT molecular complexity index is 318. The average molecular weight is 245 g/mol. The maximum atomic E-state index is 6.36. The van der Waals surface area contributed by atoms with Crippen molar-refractivity contribution in [1.29, 1.82) is 0 Å². The van der Waals surface area contributed by atoms with Gasteiger partial charge in [0.1, 0.15) is 0 Å². The average Bonchev–Trinajstić information content (AvgIpc) is 2.40. The Morgan fingerprint density at radius 1 is 1.17 bits per heavy atom. The van der Waals surface area contributed by atoms with Gasteiger partial charge in [0.05, 0.1) is 0 Å². The van der Waals surface area contributed by atoms with Crippen molar-refractivity contribution in [3.05, 3.63) is 48.6 Å². The highest BCUT2D eigenvalue weighted by molar-refractivity contribution is 5.20. The lowest BCUT2D eigenvalue weighted by atomic mass is 9.87. The molecule has 0 aromatic heterocycles. The molecule has 1 aromatic carbocycles. The first-order valence-corrected chi connectivity index (χ1v) is 7.21. The van der Waals surface area contributed by atoms with E-state index in [0.717, 1.165) is 19.3 Å². The fourth-order valence-corrected chi connectivity index (χ4v) is 2.53. The van der Waals surface area contributed by atoms with E-state index in [0.29, 0.717) is 12.0 Å². The minimum atomic E-state index is 0.293. The van der Waals surface area contributed by atoms with Crippen molar-refractivity contribution in [1.82, 2.24) is 0 Å². The second-order valence-electron chi connectivity index (χ2n) is 5.02. The molecule has 18 heavy (non-hydrogen) atoms. The van der Waals surface area contributed by atoms with Crippen LogP contribution >= 0.6 is 0 Å². The molecule has 2 unspecified atom stereocenters. The van der Waals surface area contributed by atoms with Gasteiger partial charge in [-0.25, -0.2) is 0 Å². The molecular formula is C17H27N. The number of benzene rings is 1. The van der Waals surface area contributed by atoms with Gasteiger partial charge in [0.2, 0.25) is 0 Å². The van der Waals surface area contributed by atoms with E-state index in [2.05, 4.69) is 43.8 Å². The largest absolute Gasteiger partial charge is 0.327 e. The van der Waals surface area contributed by atoms with Gasteiger partial charge in [-0.05, 0) is 37.2 Å². The van der Waals surface area contributed by atoms with Crippen LogP contribution in [0.1, 0.15) is 56.9 Å². The molecule has 0 bridgehead atoms. The molecule has 1 heteroatoms. The summed E-state index contributed by atoms with van der Waals surface area (Å²) in [6.07, 6.45) is 9.13. The molecule has 0 spiro atoms. The number of hydrogen-bond donors (Lipinski definition) is 1. The molecule has 0 aliphatic heterocycles. The zero-order valence-electron chi connectivity index (χ0n) is 11.6. The number of nitrogens with two attached hydrogens (primary N) is 1. The first kappa shape index (κ1) is 15.0. The van der Waals surface area contributed by atoms with Gasteiger partial charge in [0.15, 0.2) is 0 Å². The van der Waals surface area contributed by atoms with E-state index in [1.54, 1.807) is 0 Å². The molecule has 1 nitrogen and oxygen atoms in total. The SMILES string of the molecule is C=CCCCCCC(N)C(CC)c1ccccc1. The van der Waals surface area contributed by atoms with E-state index >= 15 is 0 Å². The second kappa shape index (κ2) is 8.93. The lowest BCUT2D eigenvalue weighted by Gasteiger charge is -2.23. The summed E-state index contributed by atoms with van der Waals surface area (Å²) in [6, 6.07) is 11.0. The van der Waals surface area contributed by atoms with Crippen LogP contribution in [0.15, 0.2) is 43.0 Å². The summed E-state index contributed by atoms with van der Waals surface area (Å²) in [5, 5.41) is 0. The number of unbranched alkanes of at least 4 members (excludes halogenated alkanes) is 3. The van der Waals surface area contributed by atoms with Gasteiger partial charge in [-0.2, -0.15) is 0 Å². The van der Waals surface area contributed by atoms with Crippen molar-refractivity contribution in [2.24, 2.45) is 5.73 Å². The molecule has 100 valence electrons. The first-order valence-electron chi connectivity index (χ1n) is 7.21. The minimum absolute atomic E-state index is 0.293. The molecule has 0 heterocycles. The van der Waals surface area contributed by atoms with Crippen LogP contribution < -0.4 is 5.73 Å². The molecular weight excluding hydrogens is 218 g/mol. The fraction of sp³-hybridized carbons (Fsp3) is 0.529. The maximum Gasteiger partial charge on any atom is 0.0108 e. The van der Waals surface area contributed by atoms with Crippen molar-refractivity contribution in [2.45, 2.75) is 57.4 Å². The number of allylic oxidation sites excluding steroid dienone is 1. The predicted molar refractivity (Wildman–Crippen MR) is 80.7 cm³/mol. The van der Waals surface area contributed by atoms with Crippen molar-refractivity contribution in [2.75, 3.05) is 0 Å². The van der Waals surface area contributed by atoms with Gasteiger partial charge >= 0.3 is 0 Å².